The number of rotatable bonds is 6. The second-order valence-corrected chi connectivity index (χ2v) is 6.20. The summed E-state index contributed by atoms with van der Waals surface area (Å²) in [6, 6.07) is 0.818. The van der Waals surface area contributed by atoms with E-state index < -0.39 is 0 Å². The Labute approximate surface area is 113 Å². The lowest BCUT2D eigenvalue weighted by atomic mass is 9.81. The number of nitrogens with zero attached hydrogens (tertiary/aromatic N) is 2. The third-order valence-electron chi connectivity index (χ3n) is 5.02. The molecule has 106 valence electrons. The van der Waals surface area contributed by atoms with Gasteiger partial charge in [-0.05, 0) is 58.2 Å². The highest BCUT2D eigenvalue weighted by Crippen LogP contribution is 2.36. The molecule has 18 heavy (non-hydrogen) atoms. The van der Waals surface area contributed by atoms with Gasteiger partial charge in [0.1, 0.15) is 0 Å². The highest BCUT2D eigenvalue weighted by atomic mass is 15.3. The summed E-state index contributed by atoms with van der Waals surface area (Å²) in [7, 11) is 0. The van der Waals surface area contributed by atoms with Crippen LogP contribution in [-0.4, -0.2) is 54.1 Å². The Balaban J connectivity index is 2.08. The van der Waals surface area contributed by atoms with Gasteiger partial charge >= 0.3 is 0 Å². The smallest absolute Gasteiger partial charge is 0.0358 e. The Morgan fingerprint density at radius 2 is 1.94 bits per heavy atom. The largest absolute Gasteiger partial charge is 0.329 e. The summed E-state index contributed by atoms with van der Waals surface area (Å²) < 4.78 is 0. The molecule has 0 bridgehead atoms. The highest BCUT2D eigenvalue weighted by Gasteiger charge is 2.43. The molecule has 0 aliphatic carbocycles. The fourth-order valence-electron chi connectivity index (χ4n) is 4.04. The number of hydrogen-bond acceptors (Lipinski definition) is 3. The molecule has 0 aromatic carbocycles. The van der Waals surface area contributed by atoms with Crippen molar-refractivity contribution in [2.75, 3.05) is 32.7 Å². The van der Waals surface area contributed by atoms with Crippen LogP contribution >= 0.6 is 0 Å². The molecule has 2 aliphatic heterocycles. The van der Waals surface area contributed by atoms with Crippen molar-refractivity contribution in [3.8, 4) is 0 Å². The molecule has 0 amide bonds. The van der Waals surface area contributed by atoms with Gasteiger partial charge in [0, 0.05) is 24.7 Å². The van der Waals surface area contributed by atoms with E-state index in [0.29, 0.717) is 5.54 Å². The van der Waals surface area contributed by atoms with E-state index in [9.17, 15) is 0 Å². The molecule has 0 aromatic heterocycles. The van der Waals surface area contributed by atoms with E-state index in [4.69, 9.17) is 5.73 Å². The lowest BCUT2D eigenvalue weighted by Crippen LogP contribution is -2.61. The van der Waals surface area contributed by atoms with Crippen molar-refractivity contribution >= 4 is 0 Å². The van der Waals surface area contributed by atoms with E-state index in [-0.39, 0.29) is 0 Å². The Bertz CT molecular complexity index is 250. The quantitative estimate of drug-likeness (QED) is 0.786. The molecule has 2 fully saturated rings. The fourth-order valence-corrected chi connectivity index (χ4v) is 4.04. The molecule has 3 heteroatoms. The summed E-state index contributed by atoms with van der Waals surface area (Å²) in [5, 5.41) is 0. The number of nitrogens with two attached hydrogens (primary N) is 1. The summed E-state index contributed by atoms with van der Waals surface area (Å²) in [5.74, 6) is 0. The normalized spacial score (nSPS) is 33.0. The van der Waals surface area contributed by atoms with Crippen LogP contribution in [0.1, 0.15) is 52.4 Å². The zero-order valence-electron chi connectivity index (χ0n) is 12.3. The summed E-state index contributed by atoms with van der Waals surface area (Å²) in [6.07, 6.45) is 7.87. The molecule has 2 heterocycles. The molecule has 2 N–H and O–H groups in total. The molecule has 2 rings (SSSR count). The molecule has 0 spiro atoms. The third kappa shape index (κ3) is 2.73. The Morgan fingerprint density at radius 3 is 2.56 bits per heavy atom. The average Bonchev–Trinajstić information content (AvgIpc) is 2.85. The molecule has 0 aromatic rings. The average molecular weight is 253 g/mol. The maximum absolute atomic E-state index is 6.22. The van der Waals surface area contributed by atoms with E-state index >= 15 is 0 Å². The molecule has 3 nitrogen and oxygen atoms in total. The lowest BCUT2D eigenvalue weighted by molar-refractivity contribution is 0.0101. The Kier molecular flexibility index (Phi) is 5.05. The van der Waals surface area contributed by atoms with E-state index in [0.717, 1.165) is 12.6 Å². The summed E-state index contributed by atoms with van der Waals surface area (Å²) in [5.41, 5.74) is 6.53. The molecular weight excluding hydrogens is 222 g/mol. The van der Waals surface area contributed by atoms with Crippen molar-refractivity contribution in [1.29, 1.82) is 0 Å². The van der Waals surface area contributed by atoms with Crippen molar-refractivity contribution in [1.82, 2.24) is 9.80 Å². The van der Waals surface area contributed by atoms with E-state index in [1.807, 2.05) is 0 Å². The summed E-state index contributed by atoms with van der Waals surface area (Å²) in [4.78, 5) is 5.41. The van der Waals surface area contributed by atoms with Gasteiger partial charge in [-0.2, -0.15) is 0 Å². The van der Waals surface area contributed by atoms with Gasteiger partial charge in [-0.1, -0.05) is 13.8 Å². The van der Waals surface area contributed by atoms with Gasteiger partial charge in [0.05, 0.1) is 0 Å². The molecule has 2 atom stereocenters. The maximum Gasteiger partial charge on any atom is 0.0358 e. The molecule has 0 radical (unpaired) electrons. The Morgan fingerprint density at radius 1 is 1.22 bits per heavy atom. The van der Waals surface area contributed by atoms with Crippen molar-refractivity contribution < 1.29 is 0 Å². The zero-order chi connectivity index (χ0) is 13.0. The standard InChI is InChI=1S/C15H31N3/c1-3-8-18(9-4-2)15(13-16)7-11-17-10-5-6-14(17)12-15/h14H,3-13,16H2,1-2H3. The van der Waals surface area contributed by atoms with Crippen LogP contribution in [0.5, 0.6) is 0 Å². The molecule has 2 aliphatic rings. The minimum atomic E-state index is 0.303. The van der Waals surface area contributed by atoms with Gasteiger partial charge in [0.15, 0.2) is 0 Å². The number of fused-ring (bicyclic) bond motifs is 1. The molecule has 2 saturated heterocycles. The van der Waals surface area contributed by atoms with Crippen LogP contribution in [0.4, 0.5) is 0 Å². The topological polar surface area (TPSA) is 32.5 Å². The van der Waals surface area contributed by atoms with E-state index in [1.165, 1.54) is 64.7 Å². The summed E-state index contributed by atoms with van der Waals surface area (Å²) >= 11 is 0. The summed E-state index contributed by atoms with van der Waals surface area (Å²) in [6.45, 7) is 10.5. The van der Waals surface area contributed by atoms with E-state index in [1.54, 1.807) is 0 Å². The first-order valence-corrected chi connectivity index (χ1v) is 7.95. The van der Waals surface area contributed by atoms with Crippen LogP contribution < -0.4 is 5.73 Å². The van der Waals surface area contributed by atoms with Gasteiger partial charge in [0.25, 0.3) is 0 Å². The van der Waals surface area contributed by atoms with Gasteiger partial charge < -0.3 is 10.6 Å². The van der Waals surface area contributed by atoms with Crippen LogP contribution in [-0.2, 0) is 0 Å². The van der Waals surface area contributed by atoms with Gasteiger partial charge in [-0.25, -0.2) is 0 Å². The van der Waals surface area contributed by atoms with Crippen molar-refractivity contribution in [3.05, 3.63) is 0 Å². The van der Waals surface area contributed by atoms with Crippen molar-refractivity contribution in [2.24, 2.45) is 5.73 Å². The zero-order valence-corrected chi connectivity index (χ0v) is 12.3. The lowest BCUT2D eigenvalue weighted by Gasteiger charge is -2.50. The van der Waals surface area contributed by atoms with Crippen LogP contribution in [0.3, 0.4) is 0 Å². The SMILES string of the molecule is CCCN(CCC)C1(CN)CCN2CCCC2C1. The van der Waals surface area contributed by atoms with Crippen LogP contribution in [0.15, 0.2) is 0 Å². The number of piperidine rings is 1. The third-order valence-corrected chi connectivity index (χ3v) is 5.02. The molecule has 0 saturated carbocycles. The first-order valence-electron chi connectivity index (χ1n) is 7.95. The van der Waals surface area contributed by atoms with Crippen LogP contribution in [0.25, 0.3) is 0 Å². The van der Waals surface area contributed by atoms with Gasteiger partial charge in [-0.15, -0.1) is 0 Å². The van der Waals surface area contributed by atoms with Crippen LogP contribution in [0, 0.1) is 0 Å². The Hall–Kier alpha value is -0.120. The van der Waals surface area contributed by atoms with Crippen LogP contribution in [0.2, 0.25) is 0 Å². The molecular formula is C15H31N3. The van der Waals surface area contributed by atoms with Gasteiger partial charge in [0.2, 0.25) is 0 Å². The fraction of sp³-hybridized carbons (Fsp3) is 1.00. The predicted molar refractivity (Wildman–Crippen MR) is 77.8 cm³/mol. The first kappa shape index (κ1) is 14.3. The molecule has 2 unspecified atom stereocenters. The second kappa shape index (κ2) is 6.36. The second-order valence-electron chi connectivity index (χ2n) is 6.20. The monoisotopic (exact) mass is 253 g/mol. The predicted octanol–water partition coefficient (Wildman–Crippen LogP) is 2.06. The minimum absolute atomic E-state index is 0.303. The highest BCUT2D eigenvalue weighted by molar-refractivity contribution is 5.01. The number of hydrogen-bond donors (Lipinski definition) is 1. The van der Waals surface area contributed by atoms with Crippen molar-refractivity contribution in [3.63, 3.8) is 0 Å². The van der Waals surface area contributed by atoms with E-state index in [2.05, 4.69) is 23.6 Å². The van der Waals surface area contributed by atoms with Crippen molar-refractivity contribution in [2.45, 2.75) is 64.0 Å². The first-order chi connectivity index (χ1) is 8.75. The maximum atomic E-state index is 6.22. The van der Waals surface area contributed by atoms with Gasteiger partial charge in [-0.3, -0.25) is 4.90 Å². The minimum Gasteiger partial charge on any atom is -0.329 e.